The van der Waals surface area contributed by atoms with Crippen molar-refractivity contribution in [3.8, 4) is 11.4 Å². The minimum absolute atomic E-state index is 0.0108. The van der Waals surface area contributed by atoms with Crippen LogP contribution in [0, 0.1) is 6.92 Å². The third-order valence-corrected chi connectivity index (χ3v) is 6.37. The molecular formula is C22H19BrN6O3S. The van der Waals surface area contributed by atoms with Gasteiger partial charge in [0.15, 0.2) is 0 Å². The van der Waals surface area contributed by atoms with Gasteiger partial charge in [0.1, 0.15) is 4.99 Å². The van der Waals surface area contributed by atoms with Crippen LogP contribution in [0.4, 0.5) is 10.5 Å². The smallest absolute Gasteiger partial charge is 0.409 e. The molecule has 1 saturated heterocycles. The maximum atomic E-state index is 11.5. The molecule has 4 aromatic rings. The minimum Gasteiger partial charge on any atom is -0.453 e. The Balaban J connectivity index is 1.34. The topological polar surface area (TPSA) is 97.8 Å². The number of benzene rings is 1. The fourth-order valence-corrected chi connectivity index (χ4v) is 4.24. The van der Waals surface area contributed by atoms with Crippen molar-refractivity contribution in [1.29, 1.82) is 0 Å². The molecule has 0 radical (unpaired) electrons. The fourth-order valence-electron chi connectivity index (χ4n) is 3.65. The van der Waals surface area contributed by atoms with E-state index in [1.807, 2.05) is 43.5 Å². The van der Waals surface area contributed by atoms with Crippen LogP contribution in [0.3, 0.4) is 0 Å². The summed E-state index contributed by atoms with van der Waals surface area (Å²) in [5.41, 5.74) is 4.42. The molecule has 0 unspecified atom stereocenters. The Morgan fingerprint density at radius 1 is 1.30 bits per heavy atom. The van der Waals surface area contributed by atoms with Gasteiger partial charge in [-0.1, -0.05) is 29.5 Å². The number of likely N-dealkylation sites (tertiary alicyclic amines) is 1. The summed E-state index contributed by atoms with van der Waals surface area (Å²) < 4.78 is 12.9. The SMILES string of the molecule is COC(=O)N1CC(c2nc(-c3ccc(C)c(NC(=S)c4cnn5cc(Br)ccc45)c3)no2)C1. The number of methoxy groups -OCH3 is 1. The zero-order chi connectivity index (χ0) is 23.1. The predicted molar refractivity (Wildman–Crippen MR) is 129 cm³/mol. The predicted octanol–water partition coefficient (Wildman–Crippen LogP) is 4.41. The Morgan fingerprint density at radius 3 is 2.91 bits per heavy atom. The van der Waals surface area contributed by atoms with Crippen LogP contribution in [0.1, 0.15) is 22.9 Å². The van der Waals surface area contributed by atoms with Crippen LogP contribution < -0.4 is 5.32 Å². The third kappa shape index (κ3) is 4.09. The Morgan fingerprint density at radius 2 is 2.12 bits per heavy atom. The van der Waals surface area contributed by atoms with E-state index < -0.39 is 0 Å². The third-order valence-electron chi connectivity index (χ3n) is 5.57. The van der Waals surface area contributed by atoms with Crippen molar-refractivity contribution in [2.24, 2.45) is 0 Å². The number of pyridine rings is 1. The fraction of sp³-hybridized carbons (Fsp3) is 0.227. The molecule has 1 aliphatic rings. The summed E-state index contributed by atoms with van der Waals surface area (Å²) in [5.74, 6) is 1.00. The van der Waals surface area contributed by atoms with Crippen molar-refractivity contribution in [3.05, 3.63) is 64.2 Å². The molecule has 1 N–H and O–H groups in total. The van der Waals surface area contributed by atoms with Crippen molar-refractivity contribution in [3.63, 3.8) is 0 Å². The molecule has 1 amide bonds. The molecule has 3 aromatic heterocycles. The van der Waals surface area contributed by atoms with Crippen LogP contribution in [0.2, 0.25) is 0 Å². The number of carbonyl (C=O) groups excluding carboxylic acids is 1. The largest absolute Gasteiger partial charge is 0.453 e. The molecule has 0 bridgehead atoms. The van der Waals surface area contributed by atoms with E-state index in [2.05, 4.69) is 36.5 Å². The number of thiocarbonyl (C=S) groups is 1. The normalized spacial score (nSPS) is 13.7. The molecule has 1 aliphatic heterocycles. The zero-order valence-corrected chi connectivity index (χ0v) is 20.2. The lowest BCUT2D eigenvalue weighted by molar-refractivity contribution is 0.0804. The summed E-state index contributed by atoms with van der Waals surface area (Å²) in [5, 5.41) is 11.8. The summed E-state index contributed by atoms with van der Waals surface area (Å²) in [6, 6.07) is 9.78. The van der Waals surface area contributed by atoms with Gasteiger partial charge in [-0.15, -0.1) is 0 Å². The quantitative estimate of drug-likeness (QED) is 0.390. The molecule has 1 fully saturated rings. The average Bonchev–Trinajstić information content (AvgIpc) is 3.41. The summed E-state index contributed by atoms with van der Waals surface area (Å²) in [4.78, 5) is 18.2. The Kier molecular flexibility index (Phi) is 5.59. The summed E-state index contributed by atoms with van der Waals surface area (Å²) >= 11 is 9.12. The van der Waals surface area contributed by atoms with Gasteiger partial charge in [0.2, 0.25) is 11.7 Å². The number of hydrogen-bond donors (Lipinski definition) is 1. The second-order valence-electron chi connectivity index (χ2n) is 7.75. The number of anilines is 1. The van der Waals surface area contributed by atoms with Gasteiger partial charge in [0.25, 0.3) is 0 Å². The number of aromatic nitrogens is 4. The first-order valence-corrected chi connectivity index (χ1v) is 11.3. The van der Waals surface area contributed by atoms with E-state index in [-0.39, 0.29) is 12.0 Å². The lowest BCUT2D eigenvalue weighted by Gasteiger charge is -2.35. The van der Waals surface area contributed by atoms with Gasteiger partial charge in [-0.25, -0.2) is 9.31 Å². The van der Waals surface area contributed by atoms with E-state index in [1.54, 1.807) is 15.6 Å². The first-order chi connectivity index (χ1) is 15.9. The first-order valence-electron chi connectivity index (χ1n) is 10.1. The van der Waals surface area contributed by atoms with Gasteiger partial charge in [-0.3, -0.25) is 0 Å². The Labute approximate surface area is 202 Å². The maximum Gasteiger partial charge on any atom is 0.409 e. The monoisotopic (exact) mass is 526 g/mol. The molecule has 168 valence electrons. The number of nitrogens with zero attached hydrogens (tertiary/aromatic N) is 5. The summed E-state index contributed by atoms with van der Waals surface area (Å²) in [6.45, 7) is 3.00. The van der Waals surface area contributed by atoms with Crippen molar-refractivity contribution in [2.45, 2.75) is 12.8 Å². The Hall–Kier alpha value is -3.31. The maximum absolute atomic E-state index is 11.5. The van der Waals surface area contributed by atoms with E-state index in [0.29, 0.717) is 29.8 Å². The lowest BCUT2D eigenvalue weighted by atomic mass is 10.0. The van der Waals surface area contributed by atoms with Crippen molar-refractivity contribution in [1.82, 2.24) is 24.7 Å². The van der Waals surface area contributed by atoms with Crippen LogP contribution >= 0.6 is 28.1 Å². The van der Waals surface area contributed by atoms with Crippen LogP contribution in [-0.2, 0) is 4.74 Å². The van der Waals surface area contributed by atoms with Gasteiger partial charge < -0.3 is 19.5 Å². The van der Waals surface area contributed by atoms with E-state index in [1.165, 1.54) is 7.11 Å². The number of carbonyl (C=O) groups is 1. The van der Waals surface area contributed by atoms with E-state index >= 15 is 0 Å². The van der Waals surface area contributed by atoms with Crippen LogP contribution in [-0.4, -0.2) is 55.9 Å². The van der Waals surface area contributed by atoms with Gasteiger partial charge in [-0.2, -0.15) is 10.1 Å². The molecular weight excluding hydrogens is 508 g/mol. The molecule has 1 aromatic carbocycles. The molecule has 5 rings (SSSR count). The summed E-state index contributed by atoms with van der Waals surface area (Å²) in [6.07, 6.45) is 3.28. The number of amides is 1. The Bertz CT molecular complexity index is 1380. The molecule has 33 heavy (non-hydrogen) atoms. The number of fused-ring (bicyclic) bond motifs is 1. The standard InChI is InChI=1S/C22H19BrN6O3S/c1-12-3-4-13(19-26-20(32-27-19)14-9-28(10-14)22(30)31-2)7-17(12)25-21(33)16-8-24-29-11-15(23)5-6-18(16)29/h3-8,11,14H,9-10H2,1-2H3,(H,25,33). The molecule has 0 spiro atoms. The lowest BCUT2D eigenvalue weighted by Crippen LogP contribution is -2.48. The van der Waals surface area contributed by atoms with Gasteiger partial charge in [-0.05, 0) is 46.6 Å². The van der Waals surface area contributed by atoms with Gasteiger partial charge >= 0.3 is 6.09 Å². The van der Waals surface area contributed by atoms with Gasteiger partial charge in [0.05, 0.1) is 30.3 Å². The highest BCUT2D eigenvalue weighted by atomic mass is 79.9. The summed E-state index contributed by atoms with van der Waals surface area (Å²) in [7, 11) is 1.36. The molecule has 11 heteroatoms. The highest BCUT2D eigenvalue weighted by Crippen LogP contribution is 2.30. The van der Waals surface area contributed by atoms with Crippen LogP contribution in [0.25, 0.3) is 16.9 Å². The zero-order valence-electron chi connectivity index (χ0n) is 17.8. The van der Waals surface area contributed by atoms with Crippen molar-refractivity contribution >= 4 is 50.4 Å². The number of aryl methyl sites for hydroxylation is 1. The highest BCUT2D eigenvalue weighted by molar-refractivity contribution is 9.10. The van der Waals surface area contributed by atoms with E-state index in [0.717, 1.165) is 32.4 Å². The number of ether oxygens (including phenoxy) is 1. The van der Waals surface area contributed by atoms with Crippen molar-refractivity contribution < 1.29 is 14.1 Å². The van der Waals surface area contributed by atoms with E-state index in [4.69, 9.17) is 21.5 Å². The molecule has 9 nitrogen and oxygen atoms in total. The average molecular weight is 527 g/mol. The second kappa shape index (κ2) is 8.56. The van der Waals surface area contributed by atoms with Gasteiger partial charge in [0, 0.05) is 35.0 Å². The second-order valence-corrected chi connectivity index (χ2v) is 9.07. The number of halogens is 1. The van der Waals surface area contributed by atoms with E-state index in [9.17, 15) is 4.79 Å². The molecule has 0 atom stereocenters. The number of rotatable bonds is 4. The van der Waals surface area contributed by atoms with Crippen LogP contribution in [0.5, 0.6) is 0 Å². The molecule has 0 aliphatic carbocycles. The first kappa shape index (κ1) is 21.5. The number of nitrogens with one attached hydrogen (secondary N) is 1. The molecule has 0 saturated carbocycles. The molecule has 4 heterocycles. The number of hydrogen-bond acceptors (Lipinski definition) is 7. The highest BCUT2D eigenvalue weighted by Gasteiger charge is 2.36. The van der Waals surface area contributed by atoms with Crippen LogP contribution in [0.15, 0.2) is 51.7 Å². The van der Waals surface area contributed by atoms with Crippen molar-refractivity contribution in [2.75, 3.05) is 25.5 Å². The minimum atomic E-state index is -0.352.